The van der Waals surface area contributed by atoms with Crippen molar-refractivity contribution in [1.29, 1.82) is 0 Å². The van der Waals surface area contributed by atoms with Crippen molar-refractivity contribution in [2.45, 2.75) is 290 Å². The second kappa shape index (κ2) is 52.5. The van der Waals surface area contributed by atoms with Crippen molar-refractivity contribution in [3.63, 3.8) is 0 Å². The van der Waals surface area contributed by atoms with Crippen LogP contribution in [0.3, 0.4) is 0 Å². The highest BCUT2D eigenvalue weighted by Crippen LogP contribution is 2.43. The molecule has 5 saturated heterocycles. The summed E-state index contributed by atoms with van der Waals surface area (Å²) in [5, 5.41) is 63.0. The van der Waals surface area contributed by atoms with Crippen LogP contribution in [0.2, 0.25) is 58.9 Å². The molecule has 0 spiro atoms. The van der Waals surface area contributed by atoms with Gasteiger partial charge < -0.3 is 123 Å². The monoisotopic (exact) mass is 1950 g/mol. The van der Waals surface area contributed by atoms with Gasteiger partial charge >= 0.3 is 86.5 Å². The summed E-state index contributed by atoms with van der Waals surface area (Å²) >= 11 is 0. The molecule has 5 aliphatic heterocycles. The van der Waals surface area contributed by atoms with E-state index in [0.29, 0.717) is 31.2 Å². The third kappa shape index (κ3) is 41.6. The Hall–Kier alpha value is -9.58. The summed E-state index contributed by atoms with van der Waals surface area (Å²) in [7, 11) is -12.4. The molecule has 0 amide bonds. The predicted molar refractivity (Wildman–Crippen MR) is 452 cm³/mol. The maximum absolute atomic E-state index is 12.5. The lowest BCUT2D eigenvalue weighted by Gasteiger charge is -2.24. The lowest BCUT2D eigenvalue weighted by Crippen LogP contribution is -2.41. The van der Waals surface area contributed by atoms with Crippen LogP contribution < -0.4 is 42.9 Å². The number of aliphatic hydroxyl groups is 7. The van der Waals surface area contributed by atoms with Gasteiger partial charge in [0.1, 0.15) is 96.7 Å². The van der Waals surface area contributed by atoms with Crippen molar-refractivity contribution < 1.29 is 165 Å². The molecule has 0 aromatic carbocycles. The van der Waals surface area contributed by atoms with Crippen LogP contribution in [0.15, 0.2) is 39.7 Å². The number of nitrogens with one attached hydrogen (secondary N) is 3. The van der Waals surface area contributed by atoms with Crippen molar-refractivity contribution in [3.05, 3.63) is 56.8 Å². The van der Waals surface area contributed by atoms with E-state index < -0.39 is 252 Å². The number of carbonyl (C=O) groups excluding carboxylic acids is 8. The average Bonchev–Trinajstić information content (AvgIpc) is 1.83. The summed E-state index contributed by atoms with van der Waals surface area (Å²) < 4.78 is 135. The minimum atomic E-state index is -5.42. The summed E-state index contributed by atoms with van der Waals surface area (Å²) in [5.74, 6) is -3.68. The molecule has 0 bridgehead atoms. The molecule has 4 aromatic rings. The standard InChI is InChI=1S/C16H26N4O6Si.2C12H18O7.C9H20N4OSi2.C8H12N4O5.C5H10O5.C4H9F3O3S2.C3H4N4O.CH4/c1-7-11-12(24-9(2)21)13(25-10(3)22)14(26-11)20-8-17-15(18-16(20)23)19-27(4,5)6;2*1-5-9-10(16-6(2)13)11(17-7(3)14)12(19-9)18-8(4)15;1-15(2,3)13-8-10-7-11-9(12-8)14-16(4,5)6;9-7-10-2-12(8(16)11-7)6-5(15)4(14)3(1-13)17-6;6-1-2-3(7)4(8)5(9)10-2;1-11(2,3)10-12(8,9)4(5,6)7;4-2-5-1-6-3(8)7-2;/h8,11-14H,7H2,1-6H3,(H,18,19,23);2*9-12H,5H2,1-4H3;7H,1-6H3,(H,10,11,12,13);2-6,13-15H,1H2,(H2,9,11,16);2-9H,1H2;1-3H3;1H,(H3,4,5,6,7,8);1H4/t11-,12?,13+,14-;2*9-,10?,11+,12?;;3-,4?,5+,6-;2-,3?,4+,5?;;;/m111.11.../s1. The molecule has 9 rings (SSSR count). The number of aliphatic hydroxyl groups excluding tert-OH is 7. The number of esters is 8. The van der Waals surface area contributed by atoms with Crippen LogP contribution in [-0.4, -0.2) is 324 Å². The number of nitrogen functional groups attached to an aromatic ring is 2. The number of hydrogen-bond acceptors (Lipinski definition) is 48. The van der Waals surface area contributed by atoms with Gasteiger partial charge in [0.05, 0.1) is 13.2 Å². The first-order chi connectivity index (χ1) is 58.8. The maximum Gasteiger partial charge on any atom is 0.523 e. The van der Waals surface area contributed by atoms with Gasteiger partial charge in [0.25, 0.3) is 0 Å². The van der Waals surface area contributed by atoms with Gasteiger partial charge in [0.2, 0.25) is 56.9 Å². The van der Waals surface area contributed by atoms with E-state index in [9.17, 15) is 84.5 Å². The zero-order chi connectivity index (χ0) is 98.4. The first-order valence-electron chi connectivity index (χ1n) is 38.6. The van der Waals surface area contributed by atoms with Gasteiger partial charge in [-0.3, -0.25) is 52.5 Å². The molecule has 51 nitrogen and oxygen atoms in total. The smallest absolute Gasteiger partial charge is 0.518 e. The van der Waals surface area contributed by atoms with Gasteiger partial charge in [-0.15, -0.1) is 10.3 Å². The average molecular weight is 1950 g/mol. The van der Waals surface area contributed by atoms with Crippen LogP contribution in [-0.2, 0) is 114 Å². The Morgan fingerprint density at radius 3 is 1.17 bits per heavy atom. The number of aromatic nitrogens is 12. The molecular formula is C70H121F3N16O35S2Si3. The maximum atomic E-state index is 12.5. The number of H-pyrrole nitrogens is 1. The fourth-order valence-electron chi connectivity index (χ4n) is 10.8. The molecule has 736 valence electrons. The van der Waals surface area contributed by atoms with E-state index in [1.54, 1.807) is 0 Å². The van der Waals surface area contributed by atoms with Crippen LogP contribution in [0.4, 0.5) is 37.0 Å². The van der Waals surface area contributed by atoms with Gasteiger partial charge in [-0.1, -0.05) is 67.5 Å². The third-order valence-electron chi connectivity index (χ3n) is 15.6. The Balaban J connectivity index is 0.000000752. The van der Waals surface area contributed by atoms with E-state index in [2.05, 4.69) is 107 Å². The van der Waals surface area contributed by atoms with Crippen molar-refractivity contribution in [2.75, 3.05) is 53.4 Å². The Morgan fingerprint density at radius 1 is 0.481 bits per heavy atom. The van der Waals surface area contributed by atoms with E-state index in [1.807, 2.05) is 40.4 Å². The number of ether oxygens (including phenoxy) is 13. The zero-order valence-corrected chi connectivity index (χ0v) is 79.1. The number of alkyl halides is 3. The van der Waals surface area contributed by atoms with Crippen molar-refractivity contribution in [2.24, 2.45) is 0 Å². The highest BCUT2D eigenvalue weighted by molar-refractivity contribution is 8.31. The first kappa shape index (κ1) is 117. The molecule has 4 aromatic heterocycles. The molecule has 9 heterocycles. The molecule has 5 aliphatic rings. The molecule has 14 N–H and O–H groups in total. The van der Waals surface area contributed by atoms with Crippen molar-refractivity contribution >= 4 is 117 Å². The Labute approximate surface area is 744 Å². The van der Waals surface area contributed by atoms with Crippen LogP contribution in [0.5, 0.6) is 6.01 Å². The van der Waals surface area contributed by atoms with E-state index in [4.69, 9.17) is 98.3 Å². The van der Waals surface area contributed by atoms with Gasteiger partial charge in [-0.25, -0.2) is 37.9 Å². The number of aromatic amines is 1. The largest absolute Gasteiger partial charge is 0.523 e. The number of rotatable bonds is 23. The SMILES string of the molecule is C.CC[C@H]1OC(OC(C)=O)[C@@H](OC(C)=O)C1OC(C)=O.CC[C@H]1OC(OC(C)=O)[C@@H](OC(C)=O)C1OC(C)=O.CC[C@H]1O[C@@H](n2cnc(N[Si](C)(C)C)nc2=O)[C@@H](OC(C)=O)C1OC(C)=O.CS(C)(C)OS(=O)(=O)C(F)(F)F.C[Si](C)(C)Nc1ncnc(O[Si](C)(C)C)n1.Nc1ncn([C@@H]2O[C@H](CO)C(O)[C@@H]2O)c(=O)n1.Nc1ncnc(=O)[nH]1.OC[C@H]1OC(O)[C@@H](O)C1O. The first-order valence-corrected chi connectivity index (χ1v) is 53.2. The summed E-state index contributed by atoms with van der Waals surface area (Å²) in [6.45, 7) is 33.5. The van der Waals surface area contributed by atoms with E-state index >= 15 is 0 Å². The molecule has 0 aliphatic carbocycles. The third-order valence-corrected chi connectivity index (χ3v) is 21.2. The Bertz CT molecular complexity index is 4470. The molecule has 20 atom stereocenters. The van der Waals surface area contributed by atoms with E-state index in [1.165, 1.54) is 86.8 Å². The number of hydrogen-bond donors (Lipinski definition) is 12. The van der Waals surface area contributed by atoms with Gasteiger partial charge in [-0.2, -0.15) is 46.5 Å². The Morgan fingerprint density at radius 2 is 0.845 bits per heavy atom. The number of halogens is 3. The molecular weight excluding hydrogens is 1830 g/mol. The topological polar surface area (TPSA) is 720 Å². The number of carbonyl (C=O) groups is 8. The van der Waals surface area contributed by atoms with Crippen LogP contribution in [0.25, 0.3) is 0 Å². The van der Waals surface area contributed by atoms with Crippen molar-refractivity contribution in [3.8, 4) is 6.01 Å². The van der Waals surface area contributed by atoms with Crippen molar-refractivity contribution in [1.82, 2.24) is 59.0 Å². The number of nitrogens with zero attached hydrogens (tertiary/aromatic N) is 11. The molecule has 0 radical (unpaired) electrons. The summed E-state index contributed by atoms with van der Waals surface area (Å²) in [4.78, 5) is 166. The second-order valence-corrected chi connectivity index (χ2v) is 50.5. The molecule has 59 heteroatoms. The summed E-state index contributed by atoms with van der Waals surface area (Å²) in [6, 6.07) is 0.426. The van der Waals surface area contributed by atoms with Gasteiger partial charge in [-0.05, 0) is 57.7 Å². The van der Waals surface area contributed by atoms with Crippen LogP contribution >= 0.6 is 10.3 Å². The van der Waals surface area contributed by atoms with E-state index in [0.717, 1.165) is 21.8 Å². The molecule has 129 heavy (non-hydrogen) atoms. The highest BCUT2D eigenvalue weighted by atomic mass is 32.3. The normalized spacial score (nSPS) is 25.7. The Kier molecular flexibility index (Phi) is 47.8. The molecule has 5 fully saturated rings. The summed E-state index contributed by atoms with van der Waals surface area (Å²) in [5.41, 5.74) is 3.10. The lowest BCUT2D eigenvalue weighted by molar-refractivity contribution is -0.195. The minimum absolute atomic E-state index is 0. The predicted octanol–water partition coefficient (Wildman–Crippen LogP) is -0.422. The fraction of sp³-hybridized carbons (Fsp3) is 0.714. The highest BCUT2D eigenvalue weighted by Gasteiger charge is 2.54. The number of anilines is 4. The fourth-order valence-corrected chi connectivity index (χ4v) is 15.5. The summed E-state index contributed by atoms with van der Waals surface area (Å²) in [6.07, 6.45) is -8.98. The quantitative estimate of drug-likeness (QED) is 0.0194. The van der Waals surface area contributed by atoms with E-state index in [-0.39, 0.29) is 25.3 Å². The van der Waals surface area contributed by atoms with Gasteiger partial charge in [0, 0.05) is 55.4 Å². The van der Waals surface area contributed by atoms with Crippen LogP contribution in [0, 0.1) is 0 Å². The van der Waals surface area contributed by atoms with Crippen LogP contribution in [0.1, 0.15) is 115 Å². The zero-order valence-electron chi connectivity index (χ0n) is 74.5. The minimum Gasteiger partial charge on any atom is -0.518 e. The second-order valence-electron chi connectivity index (χ2n) is 31.2. The molecule has 0 saturated carbocycles. The lowest BCUT2D eigenvalue weighted by atomic mass is 10.1. The number of nitrogens with two attached hydrogens (primary N) is 2. The van der Waals surface area contributed by atoms with Gasteiger partial charge in [0.15, 0.2) is 43.2 Å². The molecule has 8 unspecified atom stereocenters.